The molecule has 2 amide bonds. The minimum atomic E-state index is -0.358. The molecule has 1 atom stereocenters. The number of nitrogens with one attached hydrogen (secondary N) is 1. The maximum Gasteiger partial charge on any atom is 0.224 e. The topological polar surface area (TPSA) is 65.5 Å². The lowest BCUT2D eigenvalue weighted by Crippen LogP contribution is -2.46. The molecule has 0 radical (unpaired) electrons. The fourth-order valence-corrected chi connectivity index (χ4v) is 4.19. The second-order valence-corrected chi connectivity index (χ2v) is 8.59. The van der Waals surface area contributed by atoms with Gasteiger partial charge in [-0.1, -0.05) is 29.8 Å². The van der Waals surface area contributed by atoms with E-state index in [4.69, 9.17) is 11.6 Å². The summed E-state index contributed by atoms with van der Waals surface area (Å²) in [7, 11) is 1.88. The van der Waals surface area contributed by atoms with Crippen LogP contribution in [0.5, 0.6) is 0 Å². The number of amides is 2. The van der Waals surface area contributed by atoms with Gasteiger partial charge in [-0.25, -0.2) is 0 Å². The summed E-state index contributed by atoms with van der Waals surface area (Å²) in [6.07, 6.45) is 4.92. The summed E-state index contributed by atoms with van der Waals surface area (Å²) in [4.78, 5) is 33.4. The predicted molar refractivity (Wildman–Crippen MR) is 123 cm³/mol. The van der Waals surface area contributed by atoms with E-state index in [2.05, 4.69) is 21.3 Å². The Labute approximate surface area is 189 Å². The van der Waals surface area contributed by atoms with Gasteiger partial charge < -0.3 is 15.1 Å². The fraction of sp³-hybridized carbons (Fsp3) is 0.458. The van der Waals surface area contributed by atoms with Gasteiger partial charge in [0.15, 0.2) is 0 Å². The van der Waals surface area contributed by atoms with Gasteiger partial charge in [-0.15, -0.1) is 0 Å². The lowest BCUT2D eigenvalue weighted by Gasteiger charge is -2.37. The maximum absolute atomic E-state index is 13.0. The summed E-state index contributed by atoms with van der Waals surface area (Å²) in [6, 6.07) is 13.2. The molecule has 31 heavy (non-hydrogen) atoms. The fourth-order valence-electron chi connectivity index (χ4n) is 4.06. The van der Waals surface area contributed by atoms with Crippen molar-refractivity contribution in [2.45, 2.75) is 44.7 Å². The van der Waals surface area contributed by atoms with E-state index in [1.54, 1.807) is 12.1 Å². The molecule has 1 aliphatic rings. The van der Waals surface area contributed by atoms with Gasteiger partial charge in [0.1, 0.15) is 0 Å². The molecule has 1 aliphatic heterocycles. The molecular weight excluding hydrogens is 412 g/mol. The van der Waals surface area contributed by atoms with Crippen LogP contribution < -0.4 is 5.32 Å². The number of benzene rings is 1. The number of carbonyl (C=O) groups excluding carboxylic acids is 2. The van der Waals surface area contributed by atoms with E-state index < -0.39 is 0 Å². The Kier molecular flexibility index (Phi) is 8.43. The number of rotatable bonds is 8. The number of nitrogens with zero attached hydrogens (tertiary/aromatic N) is 3. The molecule has 6 nitrogen and oxygen atoms in total. The van der Waals surface area contributed by atoms with Crippen LogP contribution in [0.1, 0.15) is 43.5 Å². The van der Waals surface area contributed by atoms with E-state index in [-0.39, 0.29) is 30.3 Å². The standard InChI is InChI=1S/C24H31ClN4O2/c1-18(30)27-23(19-6-8-20(25)9-7-19)17-24(31)28(2)22-11-15-29(16-12-22)14-10-21-5-3-4-13-26-21/h3-9,13,22-23H,10-12,14-17H2,1-2H3,(H,27,30). The normalized spacial score (nSPS) is 16.0. The van der Waals surface area contributed by atoms with Gasteiger partial charge in [-0.3, -0.25) is 14.6 Å². The Bertz CT molecular complexity index is 852. The number of hydrogen-bond donors (Lipinski definition) is 1. The summed E-state index contributed by atoms with van der Waals surface area (Å²) in [5, 5.41) is 3.53. The molecule has 7 heteroatoms. The molecule has 0 spiro atoms. The first-order chi connectivity index (χ1) is 14.9. The van der Waals surface area contributed by atoms with Crippen molar-refractivity contribution < 1.29 is 9.59 Å². The molecule has 1 aromatic carbocycles. The van der Waals surface area contributed by atoms with E-state index in [0.717, 1.165) is 50.2 Å². The highest BCUT2D eigenvalue weighted by Crippen LogP contribution is 2.23. The van der Waals surface area contributed by atoms with E-state index in [0.29, 0.717) is 5.02 Å². The van der Waals surface area contributed by atoms with Crippen molar-refractivity contribution in [1.29, 1.82) is 0 Å². The quantitative estimate of drug-likeness (QED) is 0.679. The number of hydrogen-bond acceptors (Lipinski definition) is 4. The first kappa shape index (κ1) is 23.2. The van der Waals surface area contributed by atoms with Gasteiger partial charge >= 0.3 is 0 Å². The zero-order valence-electron chi connectivity index (χ0n) is 18.3. The zero-order chi connectivity index (χ0) is 22.2. The number of likely N-dealkylation sites (tertiary alicyclic amines) is 1. The number of piperidine rings is 1. The summed E-state index contributed by atoms with van der Waals surface area (Å²) in [5.41, 5.74) is 1.99. The lowest BCUT2D eigenvalue weighted by atomic mass is 10.00. The molecule has 0 bridgehead atoms. The van der Waals surface area contributed by atoms with Crippen molar-refractivity contribution in [3.8, 4) is 0 Å². The van der Waals surface area contributed by atoms with Crippen LogP contribution in [-0.2, 0) is 16.0 Å². The van der Waals surface area contributed by atoms with Gasteiger partial charge in [0.25, 0.3) is 0 Å². The molecule has 1 fully saturated rings. The highest BCUT2D eigenvalue weighted by Gasteiger charge is 2.27. The Balaban J connectivity index is 1.50. The lowest BCUT2D eigenvalue weighted by molar-refractivity contribution is -0.133. The maximum atomic E-state index is 13.0. The van der Waals surface area contributed by atoms with Crippen molar-refractivity contribution in [1.82, 2.24) is 20.1 Å². The molecule has 166 valence electrons. The third-order valence-corrected chi connectivity index (χ3v) is 6.19. The van der Waals surface area contributed by atoms with E-state index in [1.165, 1.54) is 6.92 Å². The zero-order valence-corrected chi connectivity index (χ0v) is 19.0. The summed E-state index contributed by atoms with van der Waals surface area (Å²) in [6.45, 7) is 4.41. The molecule has 1 saturated heterocycles. The van der Waals surface area contributed by atoms with Gasteiger partial charge in [0, 0.05) is 63.0 Å². The van der Waals surface area contributed by atoms with Gasteiger partial charge in [0.2, 0.25) is 11.8 Å². The van der Waals surface area contributed by atoms with Crippen LogP contribution in [0.4, 0.5) is 0 Å². The van der Waals surface area contributed by atoms with Crippen LogP contribution in [0.2, 0.25) is 5.02 Å². The van der Waals surface area contributed by atoms with Gasteiger partial charge in [-0.05, 0) is 42.7 Å². The molecule has 1 aromatic heterocycles. The average molecular weight is 443 g/mol. The Morgan fingerprint density at radius 2 is 1.90 bits per heavy atom. The first-order valence-corrected chi connectivity index (χ1v) is 11.2. The second kappa shape index (κ2) is 11.3. The first-order valence-electron chi connectivity index (χ1n) is 10.8. The monoisotopic (exact) mass is 442 g/mol. The van der Waals surface area contributed by atoms with Crippen LogP contribution in [0, 0.1) is 0 Å². The van der Waals surface area contributed by atoms with Crippen LogP contribution in [0.3, 0.4) is 0 Å². The smallest absolute Gasteiger partial charge is 0.224 e. The average Bonchev–Trinajstić information content (AvgIpc) is 2.78. The summed E-state index contributed by atoms with van der Waals surface area (Å²) >= 11 is 5.98. The minimum absolute atomic E-state index is 0.0423. The van der Waals surface area contributed by atoms with E-state index in [1.807, 2.05) is 42.4 Å². The summed E-state index contributed by atoms with van der Waals surface area (Å²) < 4.78 is 0. The van der Waals surface area contributed by atoms with Crippen molar-refractivity contribution in [3.63, 3.8) is 0 Å². The summed E-state index contributed by atoms with van der Waals surface area (Å²) in [5.74, 6) is -0.114. The Hall–Kier alpha value is -2.44. The number of halogens is 1. The van der Waals surface area contributed by atoms with Crippen LogP contribution in [0.15, 0.2) is 48.7 Å². The largest absolute Gasteiger partial charge is 0.349 e. The molecule has 0 aliphatic carbocycles. The molecule has 1 unspecified atom stereocenters. The van der Waals surface area contributed by atoms with Gasteiger partial charge in [0.05, 0.1) is 12.5 Å². The molecule has 1 N–H and O–H groups in total. The van der Waals surface area contributed by atoms with Crippen LogP contribution in [-0.4, -0.2) is 59.3 Å². The number of carbonyl (C=O) groups is 2. The van der Waals surface area contributed by atoms with Crippen molar-refractivity contribution in [2.75, 3.05) is 26.7 Å². The Morgan fingerprint density at radius 1 is 1.19 bits per heavy atom. The molecular formula is C24H31ClN4O2. The Morgan fingerprint density at radius 3 is 2.52 bits per heavy atom. The van der Waals surface area contributed by atoms with E-state index in [9.17, 15) is 9.59 Å². The highest BCUT2D eigenvalue weighted by molar-refractivity contribution is 6.30. The number of pyridine rings is 1. The van der Waals surface area contributed by atoms with Crippen molar-refractivity contribution in [2.24, 2.45) is 0 Å². The SMILES string of the molecule is CC(=O)NC(CC(=O)N(C)C1CCN(CCc2ccccn2)CC1)c1ccc(Cl)cc1. The highest BCUT2D eigenvalue weighted by atomic mass is 35.5. The minimum Gasteiger partial charge on any atom is -0.349 e. The molecule has 2 heterocycles. The second-order valence-electron chi connectivity index (χ2n) is 8.16. The van der Waals surface area contributed by atoms with Crippen molar-refractivity contribution >= 4 is 23.4 Å². The van der Waals surface area contributed by atoms with Gasteiger partial charge in [-0.2, -0.15) is 0 Å². The molecule has 2 aromatic rings. The molecule has 0 saturated carbocycles. The van der Waals surface area contributed by atoms with Crippen molar-refractivity contribution in [3.05, 3.63) is 64.9 Å². The number of aromatic nitrogens is 1. The van der Waals surface area contributed by atoms with Crippen LogP contribution >= 0.6 is 11.6 Å². The van der Waals surface area contributed by atoms with Crippen LogP contribution in [0.25, 0.3) is 0 Å². The third-order valence-electron chi connectivity index (χ3n) is 5.94. The molecule has 3 rings (SSSR count). The predicted octanol–water partition coefficient (Wildman–Crippen LogP) is 3.47. The van der Waals surface area contributed by atoms with E-state index >= 15 is 0 Å². The third kappa shape index (κ3) is 7.04.